The fourth-order valence-electron chi connectivity index (χ4n) is 4.95. The number of nitrogens with zero attached hydrogens (tertiary/aromatic N) is 5. The summed E-state index contributed by atoms with van der Waals surface area (Å²) in [5, 5.41) is 26.1. The SMILES string of the molecule is CC(C)(C)c1ccc(OCc2nnc(SCC(=O)Nc3ccc4nc(SCC(=O)Nc5ccccc5[N+](=O)[O-])sc4c3)n2-c2ccccc2)cc1. The maximum Gasteiger partial charge on any atom is 0.292 e. The van der Waals surface area contributed by atoms with Crippen molar-refractivity contribution >= 4 is 74.0 Å². The highest BCUT2D eigenvalue weighted by Gasteiger charge is 2.19. The summed E-state index contributed by atoms with van der Waals surface area (Å²) in [6.45, 7) is 6.69. The molecule has 4 aromatic carbocycles. The van der Waals surface area contributed by atoms with Crippen LogP contribution in [0.5, 0.6) is 5.75 Å². The smallest absolute Gasteiger partial charge is 0.292 e. The van der Waals surface area contributed by atoms with Crippen LogP contribution in [0.2, 0.25) is 0 Å². The van der Waals surface area contributed by atoms with E-state index in [1.165, 1.54) is 52.6 Å². The predicted molar refractivity (Wildman–Crippen MR) is 202 cm³/mol. The summed E-state index contributed by atoms with van der Waals surface area (Å²) in [6.07, 6.45) is 0. The van der Waals surface area contributed by atoms with Crippen LogP contribution in [0.25, 0.3) is 15.9 Å². The summed E-state index contributed by atoms with van der Waals surface area (Å²) in [5.74, 6) is 0.851. The number of thiazole rings is 1. The number of rotatable bonds is 13. The molecule has 0 radical (unpaired) electrons. The standard InChI is InChI=1S/C36H33N7O5S3/c1-36(2,3)23-13-16-26(17-14-23)48-20-31-40-41-34(42(31)25-9-5-4-6-10-25)49-21-32(44)37-24-15-18-28-30(19-24)51-35(39-28)50-22-33(45)38-27-11-7-8-12-29(27)43(46)47/h4-19H,20-22H2,1-3H3,(H,37,44)(H,38,45). The van der Waals surface area contributed by atoms with Crippen molar-refractivity contribution in [2.24, 2.45) is 0 Å². The number of carbonyl (C=O) groups is 2. The van der Waals surface area contributed by atoms with Crippen LogP contribution < -0.4 is 15.4 Å². The lowest BCUT2D eigenvalue weighted by Gasteiger charge is -2.19. The van der Waals surface area contributed by atoms with E-state index in [4.69, 9.17) is 4.74 Å². The second-order valence-corrected chi connectivity index (χ2v) is 15.4. The fourth-order valence-corrected chi connectivity index (χ4v) is 7.62. The molecule has 0 fully saturated rings. The molecule has 0 saturated heterocycles. The van der Waals surface area contributed by atoms with Gasteiger partial charge in [0.2, 0.25) is 11.8 Å². The van der Waals surface area contributed by atoms with Gasteiger partial charge in [-0.15, -0.1) is 21.5 Å². The van der Waals surface area contributed by atoms with Crippen LogP contribution in [0.4, 0.5) is 17.1 Å². The number of amides is 2. The van der Waals surface area contributed by atoms with E-state index in [0.717, 1.165) is 21.7 Å². The number of hydrogen-bond acceptors (Lipinski definition) is 11. The van der Waals surface area contributed by atoms with Gasteiger partial charge in [-0.05, 0) is 59.5 Å². The zero-order valence-corrected chi connectivity index (χ0v) is 30.3. The molecule has 2 amide bonds. The van der Waals surface area contributed by atoms with Crippen LogP contribution >= 0.6 is 34.9 Å². The molecule has 12 nitrogen and oxygen atoms in total. The molecule has 260 valence electrons. The van der Waals surface area contributed by atoms with Crippen molar-refractivity contribution in [3.05, 3.63) is 119 Å². The number of ether oxygens (including phenoxy) is 1. The van der Waals surface area contributed by atoms with Gasteiger partial charge in [-0.2, -0.15) is 0 Å². The first-order valence-electron chi connectivity index (χ1n) is 15.8. The molecule has 0 aliphatic carbocycles. The number of para-hydroxylation sites is 3. The first kappa shape index (κ1) is 35.6. The molecule has 2 aromatic heterocycles. The van der Waals surface area contributed by atoms with Crippen molar-refractivity contribution in [2.75, 3.05) is 22.1 Å². The Kier molecular flexibility index (Phi) is 11.0. The number of aromatic nitrogens is 4. The van der Waals surface area contributed by atoms with Gasteiger partial charge in [0.1, 0.15) is 18.0 Å². The monoisotopic (exact) mass is 739 g/mol. The largest absolute Gasteiger partial charge is 0.486 e. The molecule has 15 heteroatoms. The lowest BCUT2D eigenvalue weighted by Crippen LogP contribution is -2.15. The van der Waals surface area contributed by atoms with Crippen LogP contribution in [0.15, 0.2) is 107 Å². The van der Waals surface area contributed by atoms with Crippen LogP contribution in [0.1, 0.15) is 32.2 Å². The number of benzene rings is 4. The first-order valence-corrected chi connectivity index (χ1v) is 18.5. The lowest BCUT2D eigenvalue weighted by atomic mass is 9.87. The van der Waals surface area contributed by atoms with E-state index in [1.54, 1.807) is 24.3 Å². The highest BCUT2D eigenvalue weighted by Crippen LogP contribution is 2.32. The molecule has 0 aliphatic rings. The Labute approximate surface area is 306 Å². The molecule has 2 heterocycles. The van der Waals surface area contributed by atoms with E-state index in [-0.39, 0.29) is 46.7 Å². The van der Waals surface area contributed by atoms with Gasteiger partial charge in [0.25, 0.3) is 5.69 Å². The van der Waals surface area contributed by atoms with Crippen molar-refractivity contribution in [1.29, 1.82) is 0 Å². The molecule has 0 atom stereocenters. The Balaban J connectivity index is 1.06. The van der Waals surface area contributed by atoms with Gasteiger partial charge in [0, 0.05) is 17.4 Å². The summed E-state index contributed by atoms with van der Waals surface area (Å²) in [5.41, 5.74) is 3.42. The molecule has 0 unspecified atom stereocenters. The fraction of sp³-hybridized carbons (Fsp3) is 0.194. The Morgan fingerprint density at radius 1 is 0.882 bits per heavy atom. The maximum atomic E-state index is 13.1. The average molecular weight is 740 g/mol. The van der Waals surface area contributed by atoms with Gasteiger partial charge in [0.15, 0.2) is 15.3 Å². The molecule has 2 N–H and O–H groups in total. The zero-order valence-electron chi connectivity index (χ0n) is 27.9. The highest BCUT2D eigenvalue weighted by molar-refractivity contribution is 8.01. The molecule has 0 bridgehead atoms. The minimum Gasteiger partial charge on any atom is -0.486 e. The Morgan fingerprint density at radius 2 is 1.59 bits per heavy atom. The van der Waals surface area contributed by atoms with E-state index in [9.17, 15) is 19.7 Å². The minimum absolute atomic E-state index is 0.0265. The van der Waals surface area contributed by atoms with Crippen molar-refractivity contribution < 1.29 is 19.2 Å². The van der Waals surface area contributed by atoms with Crippen molar-refractivity contribution in [3.8, 4) is 11.4 Å². The zero-order chi connectivity index (χ0) is 36.0. The van der Waals surface area contributed by atoms with Crippen LogP contribution in [-0.4, -0.2) is 48.0 Å². The number of hydrogen-bond donors (Lipinski definition) is 2. The third-order valence-electron chi connectivity index (χ3n) is 7.49. The molecule has 6 rings (SSSR count). The topological polar surface area (TPSA) is 154 Å². The Hall–Kier alpha value is -5.25. The first-order chi connectivity index (χ1) is 24.5. The summed E-state index contributed by atoms with van der Waals surface area (Å²) >= 11 is 3.88. The van der Waals surface area contributed by atoms with E-state index in [1.807, 2.05) is 53.1 Å². The molecule has 0 spiro atoms. The van der Waals surface area contributed by atoms with Crippen molar-refractivity contribution in [3.63, 3.8) is 0 Å². The molecular weight excluding hydrogens is 707 g/mol. The van der Waals surface area contributed by atoms with Gasteiger partial charge in [-0.1, -0.05) is 86.8 Å². The second kappa shape index (κ2) is 15.7. The molecule has 6 aromatic rings. The Morgan fingerprint density at radius 3 is 2.33 bits per heavy atom. The summed E-state index contributed by atoms with van der Waals surface area (Å²) in [4.78, 5) is 40.8. The summed E-state index contributed by atoms with van der Waals surface area (Å²) < 4.78 is 9.47. The quantitative estimate of drug-likeness (QED) is 0.0674. The number of nitro benzene ring substituents is 1. The van der Waals surface area contributed by atoms with Crippen molar-refractivity contribution in [1.82, 2.24) is 19.7 Å². The van der Waals surface area contributed by atoms with E-state index in [0.29, 0.717) is 21.0 Å². The number of carbonyl (C=O) groups excluding carboxylic acids is 2. The third-order valence-corrected chi connectivity index (χ3v) is 10.6. The lowest BCUT2D eigenvalue weighted by molar-refractivity contribution is -0.383. The number of fused-ring (bicyclic) bond motifs is 1. The van der Waals surface area contributed by atoms with Crippen LogP contribution in [-0.2, 0) is 21.6 Å². The average Bonchev–Trinajstić information content (AvgIpc) is 3.72. The second-order valence-electron chi connectivity index (χ2n) is 12.2. The van der Waals surface area contributed by atoms with Crippen molar-refractivity contribution in [2.45, 2.75) is 42.3 Å². The number of nitro groups is 1. The number of anilines is 2. The minimum atomic E-state index is -0.539. The number of thioether (sulfide) groups is 2. The van der Waals surface area contributed by atoms with Gasteiger partial charge >= 0.3 is 0 Å². The molecule has 0 saturated carbocycles. The maximum absolute atomic E-state index is 13.1. The third kappa shape index (κ3) is 9.11. The molecular formula is C36H33N7O5S3. The van der Waals surface area contributed by atoms with E-state index >= 15 is 0 Å². The van der Waals surface area contributed by atoms with Gasteiger partial charge in [-0.3, -0.25) is 24.3 Å². The van der Waals surface area contributed by atoms with Gasteiger partial charge < -0.3 is 15.4 Å². The highest BCUT2D eigenvalue weighted by atomic mass is 32.2. The summed E-state index contributed by atoms with van der Waals surface area (Å²) in [7, 11) is 0. The normalized spacial score (nSPS) is 11.4. The summed E-state index contributed by atoms with van der Waals surface area (Å²) in [6, 6.07) is 29.1. The van der Waals surface area contributed by atoms with E-state index < -0.39 is 4.92 Å². The molecule has 51 heavy (non-hydrogen) atoms. The van der Waals surface area contributed by atoms with Crippen LogP contribution in [0.3, 0.4) is 0 Å². The number of nitrogens with one attached hydrogen (secondary N) is 2. The van der Waals surface area contributed by atoms with E-state index in [2.05, 4.69) is 58.7 Å². The molecule has 0 aliphatic heterocycles. The Bertz CT molecular complexity index is 2180. The van der Waals surface area contributed by atoms with Gasteiger partial charge in [-0.25, -0.2) is 4.98 Å². The van der Waals surface area contributed by atoms with Crippen LogP contribution in [0, 0.1) is 10.1 Å². The van der Waals surface area contributed by atoms with Gasteiger partial charge in [0.05, 0.1) is 26.6 Å². The predicted octanol–water partition coefficient (Wildman–Crippen LogP) is 8.12.